The topological polar surface area (TPSA) is 83.5 Å². The number of amidine groups is 1. The smallest absolute Gasteiger partial charge is 0.337 e. The molecule has 11 heteroatoms. The van der Waals surface area contributed by atoms with E-state index in [1.807, 2.05) is 0 Å². The fraction of sp³-hybridized carbons (Fsp3) is 0.250. The number of carbonyl (C=O) groups excluding carboxylic acids is 2. The molecule has 1 aliphatic rings. The quantitative estimate of drug-likeness (QED) is 0.487. The van der Waals surface area contributed by atoms with Gasteiger partial charge in [0.25, 0.3) is 5.91 Å². The van der Waals surface area contributed by atoms with Crippen LogP contribution < -0.4 is 19.7 Å². The van der Waals surface area contributed by atoms with Gasteiger partial charge in [0.15, 0.2) is 6.17 Å². The van der Waals surface area contributed by atoms with E-state index in [4.69, 9.17) is 44.3 Å². The summed E-state index contributed by atoms with van der Waals surface area (Å²) in [5.74, 6) is 0.156. The van der Waals surface area contributed by atoms with Crippen LogP contribution in [0, 0.1) is 0 Å². The predicted molar refractivity (Wildman–Crippen MR) is 122 cm³/mol. The lowest BCUT2D eigenvalue weighted by molar-refractivity contribution is -0.119. The number of urea groups is 1. The molecule has 1 heterocycles. The van der Waals surface area contributed by atoms with Gasteiger partial charge in [0.2, 0.25) is 9.63 Å². The first kappa shape index (κ1) is 23.0. The lowest BCUT2D eigenvalue weighted by atomic mass is 10.2. The van der Waals surface area contributed by atoms with Gasteiger partial charge in [-0.1, -0.05) is 53.0 Å². The summed E-state index contributed by atoms with van der Waals surface area (Å²) in [4.78, 5) is 31.9. The van der Waals surface area contributed by atoms with Crippen LogP contribution >= 0.6 is 34.8 Å². The molecule has 1 unspecified atom stereocenters. The van der Waals surface area contributed by atoms with E-state index in [2.05, 4.69) is 10.3 Å². The molecule has 1 aliphatic heterocycles. The van der Waals surface area contributed by atoms with Crippen LogP contribution in [0.2, 0.25) is 0 Å². The minimum Gasteiger partial charge on any atom is -0.497 e. The Morgan fingerprint density at radius 1 is 1.03 bits per heavy atom. The number of para-hydroxylation sites is 1. The highest BCUT2D eigenvalue weighted by Crippen LogP contribution is 2.37. The fourth-order valence-electron chi connectivity index (χ4n) is 2.87. The van der Waals surface area contributed by atoms with Gasteiger partial charge in [-0.25, -0.2) is 14.7 Å². The molecule has 0 saturated carbocycles. The molecule has 2 aromatic carbocycles. The maximum absolute atomic E-state index is 12.8. The molecule has 0 spiro atoms. The Bertz CT molecular complexity index is 1010. The second kappa shape index (κ2) is 9.21. The summed E-state index contributed by atoms with van der Waals surface area (Å²) in [6.45, 7) is 0. The first-order valence-corrected chi connectivity index (χ1v) is 10.1. The molecule has 3 rings (SSSR count). The number of hydrogen-bond acceptors (Lipinski definition) is 6. The number of amides is 3. The number of alkyl halides is 3. The first-order valence-electron chi connectivity index (χ1n) is 8.97. The molecule has 0 bridgehead atoms. The number of aliphatic imine (C=N–C) groups is 1. The van der Waals surface area contributed by atoms with E-state index in [0.717, 1.165) is 4.90 Å². The van der Waals surface area contributed by atoms with E-state index in [9.17, 15) is 9.59 Å². The van der Waals surface area contributed by atoms with Crippen molar-refractivity contribution in [2.45, 2.75) is 9.96 Å². The van der Waals surface area contributed by atoms with Crippen molar-refractivity contribution < 1.29 is 19.1 Å². The van der Waals surface area contributed by atoms with Crippen LogP contribution in [0.1, 0.15) is 0 Å². The van der Waals surface area contributed by atoms with Crippen molar-refractivity contribution in [2.24, 2.45) is 4.99 Å². The van der Waals surface area contributed by atoms with Gasteiger partial charge in [0.1, 0.15) is 11.5 Å². The number of likely N-dealkylation sites (N-methyl/N-ethyl adjacent to an activating group) is 1. The van der Waals surface area contributed by atoms with Crippen LogP contribution in [0.25, 0.3) is 0 Å². The van der Waals surface area contributed by atoms with Crippen LogP contribution in [0.15, 0.2) is 53.5 Å². The lowest BCUT2D eigenvalue weighted by Gasteiger charge is -2.25. The summed E-state index contributed by atoms with van der Waals surface area (Å²) < 4.78 is 8.57. The molecule has 0 radical (unpaired) electrons. The number of halogens is 3. The maximum atomic E-state index is 12.8. The van der Waals surface area contributed by atoms with Gasteiger partial charge in [-0.3, -0.25) is 9.69 Å². The Labute approximate surface area is 194 Å². The van der Waals surface area contributed by atoms with Crippen molar-refractivity contribution in [2.75, 3.05) is 31.5 Å². The number of benzene rings is 2. The molecule has 164 valence electrons. The number of imide groups is 1. The van der Waals surface area contributed by atoms with Gasteiger partial charge < -0.3 is 14.8 Å². The summed E-state index contributed by atoms with van der Waals surface area (Å²) in [5.41, 5.74) is 0.898. The second-order valence-corrected chi connectivity index (χ2v) is 8.79. The minimum atomic E-state index is -1.97. The molecule has 1 N–H and O–H groups in total. The molecule has 31 heavy (non-hydrogen) atoms. The van der Waals surface area contributed by atoms with Gasteiger partial charge in [0.05, 0.1) is 25.6 Å². The van der Waals surface area contributed by atoms with E-state index >= 15 is 0 Å². The molecular weight excluding hydrogens is 467 g/mol. The number of hydrogen-bond donors (Lipinski definition) is 1. The van der Waals surface area contributed by atoms with E-state index in [-0.39, 0.29) is 5.84 Å². The Hall–Kier alpha value is -2.68. The molecule has 0 aliphatic carbocycles. The number of methoxy groups -OCH3 is 2. The van der Waals surface area contributed by atoms with Crippen molar-refractivity contribution in [3.8, 4) is 11.5 Å². The van der Waals surface area contributed by atoms with Gasteiger partial charge in [-0.2, -0.15) is 0 Å². The van der Waals surface area contributed by atoms with Gasteiger partial charge in [0, 0.05) is 13.1 Å². The Morgan fingerprint density at radius 3 is 2.29 bits per heavy atom. The average molecular weight is 486 g/mol. The van der Waals surface area contributed by atoms with Crippen molar-refractivity contribution in [3.05, 3.63) is 48.5 Å². The van der Waals surface area contributed by atoms with Gasteiger partial charge >= 0.3 is 6.03 Å². The van der Waals surface area contributed by atoms with E-state index < -0.39 is 21.9 Å². The van der Waals surface area contributed by atoms with Crippen LogP contribution in [-0.4, -0.2) is 53.9 Å². The highest BCUT2D eigenvalue weighted by molar-refractivity contribution is 6.68. The number of carbonyl (C=O) groups is 2. The second-order valence-electron chi connectivity index (χ2n) is 6.43. The van der Waals surface area contributed by atoms with Crippen LogP contribution in [0.4, 0.5) is 16.2 Å². The van der Waals surface area contributed by atoms with Gasteiger partial charge in [-0.05, 0) is 24.3 Å². The summed E-state index contributed by atoms with van der Waals surface area (Å²) in [7, 11) is 4.35. The average Bonchev–Trinajstić information content (AvgIpc) is 2.96. The van der Waals surface area contributed by atoms with E-state index in [1.165, 1.54) is 26.2 Å². The molecule has 8 nitrogen and oxygen atoms in total. The number of anilines is 2. The third kappa shape index (κ3) is 4.81. The zero-order valence-corrected chi connectivity index (χ0v) is 19.1. The van der Waals surface area contributed by atoms with Crippen LogP contribution in [-0.2, 0) is 4.79 Å². The minimum absolute atomic E-state index is 0.185. The summed E-state index contributed by atoms with van der Waals surface area (Å²) in [6, 6.07) is 13.0. The molecule has 1 saturated heterocycles. The van der Waals surface area contributed by atoms with Crippen molar-refractivity contribution in [1.29, 1.82) is 0 Å². The lowest BCUT2D eigenvalue weighted by Crippen LogP contribution is -2.38. The van der Waals surface area contributed by atoms with Crippen molar-refractivity contribution in [3.63, 3.8) is 0 Å². The van der Waals surface area contributed by atoms with Crippen molar-refractivity contribution >= 4 is 64.0 Å². The third-order valence-corrected chi connectivity index (χ3v) is 5.08. The van der Waals surface area contributed by atoms with E-state index in [1.54, 1.807) is 48.5 Å². The van der Waals surface area contributed by atoms with Gasteiger partial charge in [-0.15, -0.1) is 0 Å². The first-order chi connectivity index (χ1) is 14.7. The monoisotopic (exact) mass is 484 g/mol. The van der Waals surface area contributed by atoms with E-state index in [0.29, 0.717) is 22.9 Å². The van der Waals surface area contributed by atoms with Crippen LogP contribution in [0.3, 0.4) is 0 Å². The fourth-order valence-corrected chi connectivity index (χ4v) is 3.18. The summed E-state index contributed by atoms with van der Waals surface area (Å²) in [5, 5.41) is 2.97. The molecule has 1 atom stereocenters. The third-order valence-electron chi connectivity index (χ3n) is 4.46. The zero-order chi connectivity index (χ0) is 22.8. The molecule has 0 aromatic heterocycles. The Morgan fingerprint density at radius 2 is 1.71 bits per heavy atom. The molecule has 3 amide bonds. The Kier molecular flexibility index (Phi) is 6.83. The molecular formula is C20H19Cl3N4O4. The number of ether oxygens (including phenoxy) is 2. The number of nitrogens with zero attached hydrogens (tertiary/aromatic N) is 3. The van der Waals surface area contributed by atoms with Crippen molar-refractivity contribution in [1.82, 2.24) is 4.90 Å². The summed E-state index contributed by atoms with van der Waals surface area (Å²) in [6.07, 6.45) is -1.23. The standard InChI is InChI=1S/C20H19Cl3N4O4/c1-26-17(28)16(27(19(26)29)12-7-5-4-6-8-12)25-18(20(21,22)23)24-14-10-9-13(30-2)11-15(14)31-3/h4-11,18,24H,1-3H3. The summed E-state index contributed by atoms with van der Waals surface area (Å²) >= 11 is 18.5. The predicted octanol–water partition coefficient (Wildman–Crippen LogP) is 4.31. The Balaban J connectivity index is 2.05. The largest absolute Gasteiger partial charge is 0.497 e. The SMILES string of the molecule is COc1ccc(NC(N=C2C(=O)N(C)C(=O)N2c2ccccc2)C(Cl)(Cl)Cl)c(OC)c1. The highest BCUT2D eigenvalue weighted by Gasteiger charge is 2.44. The number of rotatable bonds is 6. The maximum Gasteiger partial charge on any atom is 0.337 e. The highest BCUT2D eigenvalue weighted by atomic mass is 35.6. The van der Waals surface area contributed by atoms with Crippen LogP contribution in [0.5, 0.6) is 11.5 Å². The zero-order valence-electron chi connectivity index (χ0n) is 16.8. The molecule has 1 fully saturated rings. The number of nitrogens with one attached hydrogen (secondary N) is 1. The molecule has 2 aromatic rings. The normalized spacial score (nSPS) is 16.6.